The van der Waals surface area contributed by atoms with Gasteiger partial charge in [-0.1, -0.05) is 63.2 Å². The third-order valence-electron chi connectivity index (χ3n) is 5.36. The number of oxime groups is 1. The van der Waals surface area contributed by atoms with Crippen LogP contribution in [0.3, 0.4) is 0 Å². The molecular formula is C23H25NO3. The molecule has 0 heterocycles. The first kappa shape index (κ1) is 18.9. The number of rotatable bonds is 4. The summed E-state index contributed by atoms with van der Waals surface area (Å²) in [6, 6.07) is 12.8. The van der Waals surface area contributed by atoms with Crippen molar-refractivity contribution in [3.05, 3.63) is 76.4 Å². The Balaban J connectivity index is 1.90. The molecule has 0 radical (unpaired) electrons. The number of hydrogen-bond acceptors (Lipinski definition) is 3. The van der Waals surface area contributed by atoms with Gasteiger partial charge in [0.25, 0.3) is 0 Å². The smallest absolute Gasteiger partial charge is 0.335 e. The molecule has 0 aromatic heterocycles. The number of fused-ring (bicyclic) bond motifs is 1. The number of carboxylic acid groups (broad SMARTS) is 1. The van der Waals surface area contributed by atoms with Gasteiger partial charge < -0.3 is 10.3 Å². The molecule has 0 aliphatic heterocycles. The lowest BCUT2D eigenvalue weighted by molar-refractivity contribution is 0.0697. The molecule has 0 spiro atoms. The van der Waals surface area contributed by atoms with Gasteiger partial charge in [0.1, 0.15) is 5.71 Å². The van der Waals surface area contributed by atoms with Crippen molar-refractivity contribution in [3.8, 4) is 0 Å². The molecule has 27 heavy (non-hydrogen) atoms. The zero-order valence-corrected chi connectivity index (χ0v) is 16.2. The van der Waals surface area contributed by atoms with Gasteiger partial charge in [0, 0.05) is 5.56 Å². The lowest BCUT2D eigenvalue weighted by Gasteiger charge is -2.22. The van der Waals surface area contributed by atoms with E-state index >= 15 is 0 Å². The molecule has 2 aromatic carbocycles. The van der Waals surface area contributed by atoms with E-state index < -0.39 is 5.97 Å². The molecule has 0 atom stereocenters. The second kappa shape index (κ2) is 6.69. The van der Waals surface area contributed by atoms with E-state index in [9.17, 15) is 10.0 Å². The topological polar surface area (TPSA) is 69.9 Å². The second-order valence-corrected chi connectivity index (χ2v) is 8.45. The first-order valence-electron chi connectivity index (χ1n) is 9.03. The Kier molecular flexibility index (Phi) is 4.68. The van der Waals surface area contributed by atoms with E-state index in [1.807, 2.05) is 12.1 Å². The van der Waals surface area contributed by atoms with Crippen molar-refractivity contribution in [3.63, 3.8) is 0 Å². The minimum Gasteiger partial charge on any atom is -0.478 e. The van der Waals surface area contributed by atoms with Gasteiger partial charge in [-0.15, -0.1) is 0 Å². The van der Waals surface area contributed by atoms with E-state index in [0.717, 1.165) is 17.5 Å². The maximum Gasteiger partial charge on any atom is 0.335 e. The molecule has 0 bridgehead atoms. The minimum absolute atomic E-state index is 0.0752. The van der Waals surface area contributed by atoms with Crippen LogP contribution in [0.15, 0.2) is 53.7 Å². The van der Waals surface area contributed by atoms with Crippen LogP contribution in [0, 0.1) is 0 Å². The van der Waals surface area contributed by atoms with Crippen molar-refractivity contribution in [1.82, 2.24) is 0 Å². The van der Waals surface area contributed by atoms with Gasteiger partial charge >= 0.3 is 5.97 Å². The number of carbonyl (C=O) groups is 1. The van der Waals surface area contributed by atoms with Crippen LogP contribution in [-0.4, -0.2) is 22.0 Å². The number of carboxylic acids is 1. The molecule has 0 unspecified atom stereocenters. The van der Waals surface area contributed by atoms with Crippen molar-refractivity contribution in [2.45, 2.75) is 44.9 Å². The monoisotopic (exact) mass is 363 g/mol. The maximum absolute atomic E-state index is 10.9. The lowest BCUT2D eigenvalue weighted by Crippen LogP contribution is -2.18. The molecule has 4 heteroatoms. The van der Waals surface area contributed by atoms with Crippen LogP contribution < -0.4 is 0 Å². The number of hydrogen-bond donors (Lipinski definition) is 2. The van der Waals surface area contributed by atoms with Crippen LogP contribution >= 0.6 is 0 Å². The van der Waals surface area contributed by atoms with Gasteiger partial charge in [0.2, 0.25) is 0 Å². The van der Waals surface area contributed by atoms with Crippen LogP contribution in [0.4, 0.5) is 0 Å². The van der Waals surface area contributed by atoms with Gasteiger partial charge in [-0.05, 0) is 58.2 Å². The third kappa shape index (κ3) is 3.65. The number of nitrogens with zero attached hydrogens (tertiary/aromatic N) is 1. The largest absolute Gasteiger partial charge is 0.478 e. The summed E-state index contributed by atoms with van der Waals surface area (Å²) < 4.78 is 0. The van der Waals surface area contributed by atoms with Crippen LogP contribution in [0.5, 0.6) is 0 Å². The Bertz CT molecular complexity index is 935. The molecule has 3 rings (SSSR count). The van der Waals surface area contributed by atoms with Gasteiger partial charge in [0.05, 0.1) is 5.56 Å². The standard InChI is InChI=1S/C23H25NO3/c1-22(2)14-23(3,4)19-13-17(10-11-18(19)22)20(24-27)12-7-15-5-8-16(9-6-15)21(25)26/h5-13,27H,14H2,1-4H3,(H,25,26)/b12-7-,24-20-. The Morgan fingerprint density at radius 2 is 1.56 bits per heavy atom. The SMILES string of the molecule is CC1(C)CC(C)(C)c2cc(C(/C=C\c3ccc(C(=O)O)cc3)=N\O)ccc21. The summed E-state index contributed by atoms with van der Waals surface area (Å²) in [5, 5.41) is 21.9. The number of allylic oxidation sites excluding steroid dienone is 1. The summed E-state index contributed by atoms with van der Waals surface area (Å²) in [6.07, 6.45) is 4.63. The van der Waals surface area contributed by atoms with Crippen molar-refractivity contribution in [2.75, 3.05) is 0 Å². The van der Waals surface area contributed by atoms with Gasteiger partial charge in [-0.2, -0.15) is 0 Å². The fourth-order valence-electron chi connectivity index (χ4n) is 4.25. The van der Waals surface area contributed by atoms with Crippen molar-refractivity contribution in [2.24, 2.45) is 5.16 Å². The quantitative estimate of drug-likeness (QED) is 0.444. The minimum atomic E-state index is -0.952. The fourth-order valence-corrected chi connectivity index (χ4v) is 4.25. The molecule has 0 saturated heterocycles. The highest BCUT2D eigenvalue weighted by molar-refractivity contribution is 6.10. The molecule has 2 aromatic rings. The van der Waals surface area contributed by atoms with E-state index in [1.165, 1.54) is 11.1 Å². The van der Waals surface area contributed by atoms with Crippen molar-refractivity contribution < 1.29 is 15.1 Å². The van der Waals surface area contributed by atoms with Crippen LogP contribution in [0.1, 0.15) is 66.7 Å². The third-order valence-corrected chi connectivity index (χ3v) is 5.36. The summed E-state index contributed by atoms with van der Waals surface area (Å²) in [5.74, 6) is -0.952. The molecule has 2 N–H and O–H groups in total. The zero-order valence-electron chi connectivity index (χ0n) is 16.2. The van der Waals surface area contributed by atoms with Gasteiger partial charge in [-0.25, -0.2) is 4.79 Å². The normalized spacial score (nSPS) is 17.9. The number of benzene rings is 2. The molecule has 140 valence electrons. The molecule has 0 saturated carbocycles. The van der Waals surface area contributed by atoms with E-state index in [1.54, 1.807) is 30.3 Å². The Morgan fingerprint density at radius 1 is 0.963 bits per heavy atom. The molecule has 4 nitrogen and oxygen atoms in total. The van der Waals surface area contributed by atoms with E-state index in [4.69, 9.17) is 5.11 Å². The fraction of sp³-hybridized carbons (Fsp3) is 0.304. The summed E-state index contributed by atoms with van der Waals surface area (Å²) in [5.41, 5.74) is 5.27. The molecule has 1 aliphatic rings. The first-order chi connectivity index (χ1) is 12.6. The highest BCUT2D eigenvalue weighted by Crippen LogP contribution is 2.49. The predicted molar refractivity (Wildman–Crippen MR) is 108 cm³/mol. The first-order valence-corrected chi connectivity index (χ1v) is 9.03. The zero-order chi connectivity index (χ0) is 19.8. The van der Waals surface area contributed by atoms with Gasteiger partial charge in [-0.3, -0.25) is 0 Å². The van der Waals surface area contributed by atoms with Crippen molar-refractivity contribution in [1.29, 1.82) is 0 Å². The predicted octanol–water partition coefficient (Wildman–Crippen LogP) is 5.24. The molecular weight excluding hydrogens is 338 g/mol. The molecule has 0 amide bonds. The van der Waals surface area contributed by atoms with E-state index in [0.29, 0.717) is 5.71 Å². The lowest BCUT2D eigenvalue weighted by atomic mass is 9.82. The highest BCUT2D eigenvalue weighted by Gasteiger charge is 2.41. The van der Waals surface area contributed by atoms with Crippen molar-refractivity contribution >= 4 is 17.8 Å². The highest BCUT2D eigenvalue weighted by atomic mass is 16.4. The average molecular weight is 363 g/mol. The number of aromatic carboxylic acids is 1. The summed E-state index contributed by atoms with van der Waals surface area (Å²) in [4.78, 5) is 10.9. The average Bonchev–Trinajstić information content (AvgIpc) is 2.80. The molecule has 0 fully saturated rings. The second-order valence-electron chi connectivity index (χ2n) is 8.45. The Morgan fingerprint density at radius 3 is 2.15 bits per heavy atom. The van der Waals surface area contributed by atoms with Crippen LogP contribution in [0.25, 0.3) is 6.08 Å². The Hall–Kier alpha value is -2.88. The Labute approximate surface area is 159 Å². The van der Waals surface area contributed by atoms with Crippen LogP contribution in [0.2, 0.25) is 0 Å². The molecule has 1 aliphatic carbocycles. The van der Waals surface area contributed by atoms with Crippen LogP contribution in [-0.2, 0) is 10.8 Å². The maximum atomic E-state index is 10.9. The summed E-state index contributed by atoms with van der Waals surface area (Å²) in [7, 11) is 0. The summed E-state index contributed by atoms with van der Waals surface area (Å²) >= 11 is 0. The van der Waals surface area contributed by atoms with Gasteiger partial charge in [0.15, 0.2) is 0 Å². The summed E-state index contributed by atoms with van der Waals surface area (Å²) in [6.45, 7) is 9.03. The van der Waals surface area contributed by atoms with E-state index in [-0.39, 0.29) is 16.4 Å². The van der Waals surface area contributed by atoms with E-state index in [2.05, 4.69) is 45.0 Å².